The molecule has 0 fully saturated rings. The molecule has 19 heavy (non-hydrogen) atoms. The second-order valence-electron chi connectivity index (χ2n) is 4.41. The summed E-state index contributed by atoms with van der Waals surface area (Å²) in [5.74, 6) is -0.208. The van der Waals surface area contributed by atoms with Crippen LogP contribution in [0.3, 0.4) is 0 Å². The van der Waals surface area contributed by atoms with Gasteiger partial charge >= 0.3 is 0 Å². The maximum atomic E-state index is 13.1. The van der Waals surface area contributed by atoms with E-state index in [1.165, 1.54) is 6.07 Å². The fourth-order valence-electron chi connectivity index (χ4n) is 1.81. The normalized spacial score (nSPS) is 12.4. The van der Waals surface area contributed by atoms with Crippen LogP contribution < -0.4 is 5.32 Å². The van der Waals surface area contributed by atoms with Gasteiger partial charge < -0.3 is 5.32 Å². The molecule has 4 heteroatoms. The lowest BCUT2D eigenvalue weighted by Crippen LogP contribution is -2.18. The van der Waals surface area contributed by atoms with Crippen molar-refractivity contribution in [3.63, 3.8) is 0 Å². The largest absolute Gasteiger partial charge is 0.306 e. The smallest absolute Gasteiger partial charge is 0.123 e. The average molecular weight is 343 g/mol. The van der Waals surface area contributed by atoms with E-state index in [0.29, 0.717) is 11.6 Å². The minimum absolute atomic E-state index is 0.0881. The third-order valence-electron chi connectivity index (χ3n) is 2.95. The molecule has 1 atom stereocenters. The van der Waals surface area contributed by atoms with Gasteiger partial charge in [-0.05, 0) is 58.2 Å². The van der Waals surface area contributed by atoms with Gasteiger partial charge in [0.05, 0.1) is 5.02 Å². The summed E-state index contributed by atoms with van der Waals surface area (Å²) in [5.41, 5.74) is 2.06. The van der Waals surface area contributed by atoms with Crippen LogP contribution in [0.4, 0.5) is 4.39 Å². The lowest BCUT2D eigenvalue weighted by atomic mass is 10.1. The Labute approximate surface area is 125 Å². The molecule has 0 spiro atoms. The first kappa shape index (κ1) is 14.5. The molecule has 1 nitrogen and oxygen atoms in total. The Balaban J connectivity index is 2.00. The molecule has 0 unspecified atom stereocenters. The molecule has 2 aromatic carbocycles. The molecule has 0 aliphatic carbocycles. The fraction of sp³-hybridized carbons (Fsp3) is 0.200. The zero-order valence-electron chi connectivity index (χ0n) is 10.5. The summed E-state index contributed by atoms with van der Waals surface area (Å²) in [6.07, 6.45) is 0. The minimum atomic E-state index is -0.208. The molecule has 0 bridgehead atoms. The predicted octanol–water partition coefficient (Wildman–Crippen LogP) is 5.09. The molecule has 0 saturated heterocycles. The van der Waals surface area contributed by atoms with E-state index in [1.54, 1.807) is 12.1 Å². The third-order valence-corrected chi connectivity index (χ3v) is 4.16. The highest BCUT2D eigenvalue weighted by Gasteiger charge is 2.06. The van der Waals surface area contributed by atoms with Crippen LogP contribution in [0.15, 0.2) is 46.9 Å². The predicted molar refractivity (Wildman–Crippen MR) is 80.8 cm³/mol. The van der Waals surface area contributed by atoms with E-state index in [0.717, 1.165) is 15.6 Å². The van der Waals surface area contributed by atoms with Gasteiger partial charge in [0, 0.05) is 17.1 Å². The quantitative estimate of drug-likeness (QED) is 0.816. The fourth-order valence-corrected chi connectivity index (χ4v) is 2.36. The van der Waals surface area contributed by atoms with Crippen LogP contribution >= 0.6 is 27.5 Å². The minimum Gasteiger partial charge on any atom is -0.306 e. The van der Waals surface area contributed by atoms with Crippen molar-refractivity contribution in [3.05, 3.63) is 68.9 Å². The Morgan fingerprint density at radius 1 is 1.26 bits per heavy atom. The van der Waals surface area contributed by atoms with Crippen molar-refractivity contribution in [2.75, 3.05) is 0 Å². The molecule has 2 rings (SSSR count). The summed E-state index contributed by atoms with van der Waals surface area (Å²) < 4.78 is 14.0. The van der Waals surface area contributed by atoms with E-state index < -0.39 is 0 Å². The molecule has 0 aromatic heterocycles. The number of rotatable bonds is 4. The van der Waals surface area contributed by atoms with Gasteiger partial charge in [-0.15, -0.1) is 0 Å². The molecular weight excluding hydrogens is 329 g/mol. The molecule has 0 heterocycles. The zero-order chi connectivity index (χ0) is 13.8. The highest BCUT2D eigenvalue weighted by atomic mass is 79.9. The number of hydrogen-bond acceptors (Lipinski definition) is 1. The highest BCUT2D eigenvalue weighted by Crippen LogP contribution is 2.23. The van der Waals surface area contributed by atoms with Crippen molar-refractivity contribution in [1.82, 2.24) is 5.32 Å². The van der Waals surface area contributed by atoms with Crippen LogP contribution in [0.2, 0.25) is 5.02 Å². The van der Waals surface area contributed by atoms with Crippen LogP contribution in [-0.4, -0.2) is 0 Å². The maximum absolute atomic E-state index is 13.1. The molecule has 1 N–H and O–H groups in total. The van der Waals surface area contributed by atoms with Gasteiger partial charge in [0.2, 0.25) is 0 Å². The van der Waals surface area contributed by atoms with E-state index in [-0.39, 0.29) is 11.9 Å². The van der Waals surface area contributed by atoms with Gasteiger partial charge in [0.1, 0.15) is 5.82 Å². The molecule has 100 valence electrons. The Morgan fingerprint density at radius 3 is 2.74 bits per heavy atom. The maximum Gasteiger partial charge on any atom is 0.123 e. The summed E-state index contributed by atoms with van der Waals surface area (Å²) >= 11 is 9.35. The molecule has 0 radical (unpaired) electrons. The van der Waals surface area contributed by atoms with E-state index >= 15 is 0 Å². The average Bonchev–Trinajstić information content (AvgIpc) is 2.40. The number of hydrogen-bond donors (Lipinski definition) is 1. The van der Waals surface area contributed by atoms with Crippen LogP contribution in [-0.2, 0) is 6.54 Å². The van der Waals surface area contributed by atoms with Crippen molar-refractivity contribution < 1.29 is 4.39 Å². The lowest BCUT2D eigenvalue weighted by molar-refractivity contribution is 0.565. The summed E-state index contributed by atoms with van der Waals surface area (Å²) in [5, 5.41) is 4.05. The van der Waals surface area contributed by atoms with Gasteiger partial charge in [0.15, 0.2) is 0 Å². The Bertz CT molecular complexity index is 574. The topological polar surface area (TPSA) is 12.0 Å². The first-order valence-electron chi connectivity index (χ1n) is 5.99. The monoisotopic (exact) mass is 341 g/mol. The van der Waals surface area contributed by atoms with E-state index in [2.05, 4.69) is 21.2 Å². The van der Waals surface area contributed by atoms with E-state index in [4.69, 9.17) is 11.6 Å². The van der Waals surface area contributed by atoms with E-state index in [9.17, 15) is 4.39 Å². The van der Waals surface area contributed by atoms with Crippen molar-refractivity contribution in [2.24, 2.45) is 0 Å². The van der Waals surface area contributed by atoms with Crippen molar-refractivity contribution >= 4 is 27.5 Å². The highest BCUT2D eigenvalue weighted by molar-refractivity contribution is 9.10. The van der Waals surface area contributed by atoms with Gasteiger partial charge in [0.25, 0.3) is 0 Å². The van der Waals surface area contributed by atoms with Crippen LogP contribution in [0.1, 0.15) is 24.1 Å². The van der Waals surface area contributed by atoms with Crippen LogP contribution in [0.25, 0.3) is 0 Å². The molecule has 2 aromatic rings. The van der Waals surface area contributed by atoms with Gasteiger partial charge in [-0.3, -0.25) is 0 Å². The summed E-state index contributed by atoms with van der Waals surface area (Å²) in [7, 11) is 0. The first-order chi connectivity index (χ1) is 9.06. The van der Waals surface area contributed by atoms with Gasteiger partial charge in [-0.1, -0.05) is 29.8 Å². The second kappa shape index (κ2) is 6.51. The van der Waals surface area contributed by atoms with Crippen LogP contribution in [0.5, 0.6) is 0 Å². The Morgan fingerprint density at radius 2 is 2.05 bits per heavy atom. The molecule has 0 amide bonds. The first-order valence-corrected chi connectivity index (χ1v) is 7.16. The number of halogens is 3. The summed E-state index contributed by atoms with van der Waals surface area (Å²) in [6, 6.07) is 12.5. The van der Waals surface area contributed by atoms with Crippen molar-refractivity contribution in [3.8, 4) is 0 Å². The number of benzene rings is 2. The molecular formula is C15H14BrClFN. The van der Waals surface area contributed by atoms with Gasteiger partial charge in [-0.2, -0.15) is 0 Å². The Hall–Kier alpha value is -0.900. The van der Waals surface area contributed by atoms with Gasteiger partial charge in [-0.25, -0.2) is 4.39 Å². The second-order valence-corrected chi connectivity index (χ2v) is 5.67. The molecule has 0 saturated carbocycles. The lowest BCUT2D eigenvalue weighted by Gasteiger charge is -2.14. The molecule has 0 aliphatic rings. The third kappa shape index (κ3) is 4.03. The molecule has 0 aliphatic heterocycles. The zero-order valence-corrected chi connectivity index (χ0v) is 12.8. The Kier molecular flexibility index (Phi) is 4.97. The number of nitrogens with one attached hydrogen (secondary N) is 1. The van der Waals surface area contributed by atoms with Crippen LogP contribution in [0, 0.1) is 5.82 Å². The summed E-state index contributed by atoms with van der Waals surface area (Å²) in [6.45, 7) is 2.72. The summed E-state index contributed by atoms with van der Waals surface area (Å²) in [4.78, 5) is 0. The van der Waals surface area contributed by atoms with Crippen molar-refractivity contribution in [1.29, 1.82) is 0 Å². The SMILES string of the molecule is C[C@@H](NCc1ccc(Cl)c(Br)c1)c1cccc(F)c1. The standard InChI is InChI=1S/C15H14BrClFN/c1-10(12-3-2-4-13(18)8-12)19-9-11-5-6-15(17)14(16)7-11/h2-8,10,19H,9H2,1H3/t10-/m1/s1. The van der Waals surface area contributed by atoms with E-state index in [1.807, 2.05) is 31.2 Å². The van der Waals surface area contributed by atoms with Crippen molar-refractivity contribution in [2.45, 2.75) is 19.5 Å².